The van der Waals surface area contributed by atoms with Gasteiger partial charge in [-0.2, -0.15) is 0 Å². The van der Waals surface area contributed by atoms with E-state index in [0.29, 0.717) is 6.54 Å². The van der Waals surface area contributed by atoms with E-state index in [1.165, 1.54) is 0 Å². The summed E-state index contributed by atoms with van der Waals surface area (Å²) in [5, 5.41) is 9.92. The highest BCUT2D eigenvalue weighted by molar-refractivity contribution is 5.79. The summed E-state index contributed by atoms with van der Waals surface area (Å²) in [6, 6.07) is 13.5. The summed E-state index contributed by atoms with van der Waals surface area (Å²) in [6.07, 6.45) is 3.84. The number of para-hydroxylation sites is 2. The average Bonchev–Trinajstić information content (AvgIpc) is 2.73. The minimum atomic E-state index is -0.0302. The number of ether oxygens (including phenoxy) is 2. The van der Waals surface area contributed by atoms with Gasteiger partial charge >= 0.3 is 0 Å². The number of nitrogens with one attached hydrogen (secondary N) is 3. The van der Waals surface area contributed by atoms with Crippen molar-refractivity contribution >= 4 is 11.8 Å². The molecule has 7 nitrogen and oxygen atoms in total. The fourth-order valence-corrected chi connectivity index (χ4v) is 2.58. The number of pyridine rings is 1. The van der Waals surface area contributed by atoms with Crippen molar-refractivity contribution in [2.75, 3.05) is 39.1 Å². The monoisotopic (exact) mass is 385 g/mol. The Hall–Kier alpha value is -2.96. The van der Waals surface area contributed by atoms with Crippen LogP contribution in [0.25, 0.3) is 0 Å². The van der Waals surface area contributed by atoms with Crippen LogP contribution in [0, 0.1) is 0 Å². The zero-order chi connectivity index (χ0) is 20.0. The van der Waals surface area contributed by atoms with Gasteiger partial charge in [-0.15, -0.1) is 0 Å². The van der Waals surface area contributed by atoms with E-state index < -0.39 is 0 Å². The van der Waals surface area contributed by atoms with Crippen molar-refractivity contribution < 1.29 is 9.47 Å². The molecule has 7 heteroatoms. The number of methoxy groups -OCH3 is 1. The molecule has 0 aliphatic carbocycles. The summed E-state index contributed by atoms with van der Waals surface area (Å²) >= 11 is 0. The minimum Gasteiger partial charge on any atom is -0.493 e. The van der Waals surface area contributed by atoms with Crippen LogP contribution in [-0.4, -0.2) is 50.8 Å². The largest absolute Gasteiger partial charge is 0.493 e. The Labute approximate surface area is 167 Å². The van der Waals surface area contributed by atoms with Crippen LogP contribution in [0.4, 0.5) is 5.82 Å². The molecule has 0 saturated carbocycles. The summed E-state index contributed by atoms with van der Waals surface area (Å²) in [6.45, 7) is 4.40. The molecule has 3 N–H and O–H groups in total. The van der Waals surface area contributed by atoms with Crippen LogP contribution in [0.3, 0.4) is 0 Å². The van der Waals surface area contributed by atoms with Gasteiger partial charge in [0.25, 0.3) is 0 Å². The topological polar surface area (TPSA) is 79.8 Å². The van der Waals surface area contributed by atoms with Crippen molar-refractivity contribution in [1.29, 1.82) is 0 Å². The smallest absolute Gasteiger partial charge is 0.191 e. The summed E-state index contributed by atoms with van der Waals surface area (Å²) in [5.74, 6) is 3.16. The maximum atomic E-state index is 5.95. The molecule has 28 heavy (non-hydrogen) atoms. The van der Waals surface area contributed by atoms with E-state index >= 15 is 0 Å². The zero-order valence-electron chi connectivity index (χ0n) is 16.9. The highest BCUT2D eigenvalue weighted by atomic mass is 16.5. The van der Waals surface area contributed by atoms with Crippen LogP contribution < -0.4 is 25.4 Å². The highest BCUT2D eigenvalue weighted by Gasteiger charge is 2.09. The van der Waals surface area contributed by atoms with E-state index in [-0.39, 0.29) is 6.10 Å². The lowest BCUT2D eigenvalue weighted by Gasteiger charge is -2.19. The standard InChI is InChI=1S/C21H31N5O2/c1-17(28-19-11-5-4-10-18(19)27-3)16-26-21(22-2)25-15-9-8-14-24-20-12-6-7-13-23-20/h4-7,10-13,17H,8-9,14-16H2,1-3H3,(H,23,24)(H2,22,25,26). The normalized spacial score (nSPS) is 12.2. The second-order valence-electron chi connectivity index (χ2n) is 6.31. The second kappa shape index (κ2) is 12.4. The first-order chi connectivity index (χ1) is 13.7. The fourth-order valence-electron chi connectivity index (χ4n) is 2.58. The number of aliphatic imine (C=N–C) groups is 1. The van der Waals surface area contributed by atoms with Crippen molar-refractivity contribution in [2.45, 2.75) is 25.9 Å². The Kier molecular flexibility index (Phi) is 9.47. The van der Waals surface area contributed by atoms with Crippen molar-refractivity contribution in [1.82, 2.24) is 15.6 Å². The average molecular weight is 386 g/mol. The third-order valence-electron chi connectivity index (χ3n) is 4.04. The number of rotatable bonds is 11. The molecule has 0 bridgehead atoms. The van der Waals surface area contributed by atoms with Crippen LogP contribution in [0.2, 0.25) is 0 Å². The molecule has 1 heterocycles. The number of unbranched alkanes of at least 4 members (excludes halogenated alkanes) is 1. The Morgan fingerprint density at radius 1 is 1.04 bits per heavy atom. The van der Waals surface area contributed by atoms with E-state index in [1.807, 2.05) is 49.4 Å². The second-order valence-corrected chi connectivity index (χ2v) is 6.31. The van der Waals surface area contributed by atoms with E-state index in [9.17, 15) is 0 Å². The number of hydrogen-bond acceptors (Lipinski definition) is 5. The summed E-state index contributed by atoms with van der Waals surface area (Å²) < 4.78 is 11.3. The molecule has 1 unspecified atom stereocenters. The molecule has 152 valence electrons. The zero-order valence-corrected chi connectivity index (χ0v) is 16.9. The Morgan fingerprint density at radius 3 is 2.50 bits per heavy atom. The fraction of sp³-hybridized carbons (Fsp3) is 0.429. The van der Waals surface area contributed by atoms with Gasteiger partial charge in [0.1, 0.15) is 11.9 Å². The van der Waals surface area contributed by atoms with Gasteiger partial charge in [0.05, 0.1) is 13.7 Å². The molecule has 0 amide bonds. The van der Waals surface area contributed by atoms with Crippen LogP contribution in [-0.2, 0) is 0 Å². The van der Waals surface area contributed by atoms with Gasteiger partial charge in [0.15, 0.2) is 17.5 Å². The first-order valence-electron chi connectivity index (χ1n) is 9.62. The summed E-state index contributed by atoms with van der Waals surface area (Å²) in [4.78, 5) is 8.50. The number of nitrogens with zero attached hydrogens (tertiary/aromatic N) is 2. The predicted octanol–water partition coefficient (Wildman–Crippen LogP) is 2.91. The lowest BCUT2D eigenvalue weighted by Crippen LogP contribution is -2.42. The molecule has 2 rings (SSSR count). The Bertz CT molecular complexity index is 709. The number of anilines is 1. The molecule has 1 aromatic heterocycles. The van der Waals surface area contributed by atoms with E-state index in [0.717, 1.165) is 49.2 Å². The predicted molar refractivity (Wildman–Crippen MR) is 114 cm³/mol. The van der Waals surface area contributed by atoms with Gasteiger partial charge in [-0.25, -0.2) is 4.98 Å². The van der Waals surface area contributed by atoms with E-state index in [4.69, 9.17) is 9.47 Å². The molecule has 0 spiro atoms. The number of guanidine groups is 1. The lowest BCUT2D eigenvalue weighted by atomic mass is 10.3. The van der Waals surface area contributed by atoms with Gasteiger partial charge in [-0.3, -0.25) is 4.99 Å². The Balaban J connectivity index is 1.60. The summed E-state index contributed by atoms with van der Waals surface area (Å²) in [5.41, 5.74) is 0. The van der Waals surface area contributed by atoms with Gasteiger partial charge in [0.2, 0.25) is 0 Å². The van der Waals surface area contributed by atoms with Crippen LogP contribution in [0.15, 0.2) is 53.7 Å². The molecule has 1 aromatic carbocycles. The minimum absolute atomic E-state index is 0.0302. The van der Waals surface area contributed by atoms with Crippen LogP contribution in [0.5, 0.6) is 11.5 Å². The molecule has 0 aliphatic rings. The molecule has 1 atom stereocenters. The van der Waals surface area contributed by atoms with Gasteiger partial charge in [-0.05, 0) is 44.0 Å². The third kappa shape index (κ3) is 7.73. The molecular formula is C21H31N5O2. The molecule has 0 fully saturated rings. The van der Waals surface area contributed by atoms with Gasteiger partial charge < -0.3 is 25.4 Å². The first-order valence-corrected chi connectivity index (χ1v) is 9.62. The van der Waals surface area contributed by atoms with E-state index in [1.54, 1.807) is 20.4 Å². The molecule has 2 aromatic rings. The number of aromatic nitrogens is 1. The quantitative estimate of drug-likeness (QED) is 0.314. The third-order valence-corrected chi connectivity index (χ3v) is 4.04. The molecular weight excluding hydrogens is 354 g/mol. The highest BCUT2D eigenvalue weighted by Crippen LogP contribution is 2.26. The van der Waals surface area contributed by atoms with Crippen molar-refractivity contribution in [2.24, 2.45) is 4.99 Å². The van der Waals surface area contributed by atoms with Crippen molar-refractivity contribution in [3.63, 3.8) is 0 Å². The van der Waals surface area contributed by atoms with Crippen LogP contribution in [0.1, 0.15) is 19.8 Å². The van der Waals surface area contributed by atoms with Gasteiger partial charge in [-0.1, -0.05) is 18.2 Å². The number of hydrogen-bond donors (Lipinski definition) is 3. The maximum Gasteiger partial charge on any atom is 0.191 e. The lowest BCUT2D eigenvalue weighted by molar-refractivity contribution is 0.213. The number of benzene rings is 1. The van der Waals surface area contributed by atoms with Crippen molar-refractivity contribution in [3.05, 3.63) is 48.7 Å². The molecule has 0 aliphatic heterocycles. The molecule has 0 saturated heterocycles. The maximum absolute atomic E-state index is 5.95. The Morgan fingerprint density at radius 2 is 1.79 bits per heavy atom. The summed E-state index contributed by atoms with van der Waals surface area (Å²) in [7, 11) is 3.41. The van der Waals surface area contributed by atoms with Crippen molar-refractivity contribution in [3.8, 4) is 11.5 Å². The van der Waals surface area contributed by atoms with E-state index in [2.05, 4.69) is 25.9 Å². The van der Waals surface area contributed by atoms with Crippen LogP contribution >= 0.6 is 0 Å². The first kappa shape index (κ1) is 21.3. The molecule has 0 radical (unpaired) electrons. The van der Waals surface area contributed by atoms with Gasteiger partial charge in [0, 0.05) is 26.3 Å². The SMILES string of the molecule is CN=C(NCCCCNc1ccccn1)NCC(C)Oc1ccccc1OC.